The van der Waals surface area contributed by atoms with Crippen molar-refractivity contribution in [2.24, 2.45) is 0 Å². The van der Waals surface area contributed by atoms with Gasteiger partial charge in [0.1, 0.15) is 5.60 Å². The van der Waals surface area contributed by atoms with Gasteiger partial charge in [0.05, 0.1) is 0 Å². The Kier molecular flexibility index (Phi) is 6.51. The van der Waals surface area contributed by atoms with E-state index in [2.05, 4.69) is 6.92 Å². The minimum absolute atomic E-state index is 0. The number of rotatable bonds is 0. The summed E-state index contributed by atoms with van der Waals surface area (Å²) in [5, 5.41) is 0. The van der Waals surface area contributed by atoms with E-state index in [1.54, 1.807) is 4.90 Å². The van der Waals surface area contributed by atoms with Crippen molar-refractivity contribution in [2.75, 3.05) is 0 Å². The SMILES string of the molecule is C[C@@H]1CCCC[CH-]N1C(=O)OC(C)(C)C.[Li+]. The second-order valence-electron chi connectivity index (χ2n) is 5.20. The first-order valence-electron chi connectivity index (χ1n) is 5.75. The molecule has 0 N–H and O–H groups in total. The van der Waals surface area contributed by atoms with Crippen LogP contribution in [0.4, 0.5) is 4.79 Å². The molecular weight excluding hydrogens is 197 g/mol. The van der Waals surface area contributed by atoms with Gasteiger partial charge in [0, 0.05) is 6.04 Å². The molecule has 0 aromatic heterocycles. The molecule has 88 valence electrons. The number of carbonyl (C=O) groups excluding carboxylic acids is 1. The van der Waals surface area contributed by atoms with Crippen LogP contribution in [0.5, 0.6) is 0 Å². The molecule has 4 heteroatoms. The van der Waals surface area contributed by atoms with E-state index in [-0.39, 0.29) is 31.0 Å². The number of nitrogens with zero attached hydrogens (tertiary/aromatic N) is 1. The molecule has 0 saturated carbocycles. The molecule has 16 heavy (non-hydrogen) atoms. The Bertz CT molecular complexity index is 226. The zero-order valence-electron chi connectivity index (χ0n) is 11.2. The predicted molar refractivity (Wildman–Crippen MR) is 60.3 cm³/mol. The summed E-state index contributed by atoms with van der Waals surface area (Å²) in [6.07, 6.45) is 4.19. The van der Waals surface area contributed by atoms with Crippen molar-refractivity contribution >= 4 is 6.09 Å². The van der Waals surface area contributed by atoms with E-state index in [0.717, 1.165) is 12.8 Å². The summed E-state index contributed by atoms with van der Waals surface area (Å²) in [7, 11) is 0. The topological polar surface area (TPSA) is 29.5 Å². The number of hydrogen-bond donors (Lipinski definition) is 0. The van der Waals surface area contributed by atoms with Crippen LogP contribution in [0.15, 0.2) is 0 Å². The molecule has 1 amide bonds. The molecule has 1 aliphatic rings. The largest absolute Gasteiger partial charge is 1.00 e. The zero-order valence-corrected chi connectivity index (χ0v) is 11.2. The second-order valence-corrected chi connectivity index (χ2v) is 5.20. The normalized spacial score (nSPS) is 22.0. The van der Waals surface area contributed by atoms with E-state index in [1.165, 1.54) is 12.8 Å². The molecule has 1 aliphatic heterocycles. The van der Waals surface area contributed by atoms with E-state index in [1.807, 2.05) is 27.3 Å². The number of likely N-dealkylation sites (tertiary alicyclic amines) is 1. The Hall–Kier alpha value is -0.133. The molecular formula is C12H22LiNO2. The van der Waals surface area contributed by atoms with E-state index >= 15 is 0 Å². The number of ether oxygens (including phenoxy) is 1. The fourth-order valence-electron chi connectivity index (χ4n) is 1.70. The van der Waals surface area contributed by atoms with Gasteiger partial charge < -0.3 is 9.64 Å². The first-order valence-corrected chi connectivity index (χ1v) is 5.75. The smallest absolute Gasteiger partial charge is 0.455 e. The third kappa shape index (κ3) is 5.27. The van der Waals surface area contributed by atoms with Gasteiger partial charge in [-0.15, -0.1) is 0 Å². The monoisotopic (exact) mass is 219 g/mol. The summed E-state index contributed by atoms with van der Waals surface area (Å²) in [5.74, 6) is 0. The van der Waals surface area contributed by atoms with Crippen LogP contribution in [0, 0.1) is 6.54 Å². The third-order valence-corrected chi connectivity index (χ3v) is 2.48. The van der Waals surface area contributed by atoms with Crippen LogP contribution in [-0.2, 0) is 4.74 Å². The van der Waals surface area contributed by atoms with Crippen LogP contribution >= 0.6 is 0 Å². The number of carbonyl (C=O) groups is 1. The summed E-state index contributed by atoms with van der Waals surface area (Å²) in [6.45, 7) is 9.74. The maximum absolute atomic E-state index is 11.8. The molecule has 0 unspecified atom stereocenters. The van der Waals surface area contributed by atoms with Gasteiger partial charge in [-0.25, -0.2) is 11.3 Å². The summed E-state index contributed by atoms with van der Waals surface area (Å²) in [4.78, 5) is 13.6. The minimum Gasteiger partial charge on any atom is -0.455 e. The van der Waals surface area contributed by atoms with Gasteiger partial charge in [0.15, 0.2) is 0 Å². The maximum atomic E-state index is 11.8. The Morgan fingerprint density at radius 1 is 1.38 bits per heavy atom. The van der Waals surface area contributed by atoms with Gasteiger partial charge in [-0.3, -0.25) is 0 Å². The Morgan fingerprint density at radius 3 is 2.56 bits per heavy atom. The summed E-state index contributed by atoms with van der Waals surface area (Å²) < 4.78 is 5.36. The molecule has 1 fully saturated rings. The predicted octanol–water partition coefficient (Wildman–Crippen LogP) is 0.352. The van der Waals surface area contributed by atoms with Crippen LogP contribution in [0.3, 0.4) is 0 Å². The molecule has 1 atom stereocenters. The van der Waals surface area contributed by atoms with E-state index < -0.39 is 5.60 Å². The third-order valence-electron chi connectivity index (χ3n) is 2.48. The van der Waals surface area contributed by atoms with Crippen molar-refractivity contribution in [2.45, 2.75) is 65.0 Å². The van der Waals surface area contributed by atoms with Crippen molar-refractivity contribution in [1.82, 2.24) is 4.90 Å². The van der Waals surface area contributed by atoms with Crippen molar-refractivity contribution < 1.29 is 28.4 Å². The van der Waals surface area contributed by atoms with Gasteiger partial charge >= 0.3 is 25.0 Å². The maximum Gasteiger partial charge on any atom is 1.00 e. The summed E-state index contributed by atoms with van der Waals surface area (Å²) >= 11 is 0. The van der Waals surface area contributed by atoms with E-state index in [4.69, 9.17) is 4.74 Å². The molecule has 0 bridgehead atoms. The van der Waals surface area contributed by atoms with Crippen LogP contribution in [0.1, 0.15) is 53.4 Å². The quantitative estimate of drug-likeness (QED) is 0.434. The Balaban J connectivity index is 0.00000225. The summed E-state index contributed by atoms with van der Waals surface area (Å²) in [6, 6.07) is 0.266. The standard InChI is InChI=1S/C12H22NO2.Li/c1-10-8-6-5-7-9-13(10)11(14)15-12(2,3)4;/h9-10H,5-8H2,1-4H3;/q-1;+1/t10-;/m1./s1. The van der Waals surface area contributed by atoms with Crippen LogP contribution in [-0.4, -0.2) is 22.6 Å². The van der Waals surface area contributed by atoms with Crippen molar-refractivity contribution in [3.8, 4) is 0 Å². The minimum atomic E-state index is -0.406. The first kappa shape index (κ1) is 15.9. The molecule has 3 nitrogen and oxygen atoms in total. The molecule has 0 aromatic carbocycles. The van der Waals surface area contributed by atoms with Gasteiger partial charge in [0.25, 0.3) is 0 Å². The van der Waals surface area contributed by atoms with Crippen LogP contribution in [0.25, 0.3) is 0 Å². The van der Waals surface area contributed by atoms with Crippen molar-refractivity contribution in [3.05, 3.63) is 6.54 Å². The molecule has 1 saturated heterocycles. The van der Waals surface area contributed by atoms with E-state index in [9.17, 15) is 4.79 Å². The van der Waals surface area contributed by atoms with Gasteiger partial charge in [0.2, 0.25) is 0 Å². The average Bonchev–Trinajstić information content (AvgIpc) is 2.26. The van der Waals surface area contributed by atoms with Gasteiger partial charge in [-0.1, -0.05) is 12.8 Å². The summed E-state index contributed by atoms with van der Waals surface area (Å²) in [5.41, 5.74) is -0.406. The first-order chi connectivity index (χ1) is 6.90. The second kappa shape index (κ2) is 6.57. The number of hydrogen-bond acceptors (Lipinski definition) is 2. The van der Waals surface area contributed by atoms with Crippen LogP contribution in [0.2, 0.25) is 0 Å². The molecule has 1 rings (SSSR count). The molecule has 0 aromatic rings. The molecule has 0 aliphatic carbocycles. The fourth-order valence-corrected chi connectivity index (χ4v) is 1.70. The van der Waals surface area contributed by atoms with Crippen LogP contribution < -0.4 is 18.9 Å². The molecule has 0 spiro atoms. The average molecular weight is 219 g/mol. The number of amides is 1. The molecule has 0 radical (unpaired) electrons. The Labute approximate surface area is 111 Å². The molecule has 1 heterocycles. The van der Waals surface area contributed by atoms with Gasteiger partial charge in [-0.2, -0.15) is 6.42 Å². The van der Waals surface area contributed by atoms with Crippen molar-refractivity contribution in [1.29, 1.82) is 0 Å². The van der Waals surface area contributed by atoms with Gasteiger partial charge in [-0.05, 0) is 34.1 Å². The fraction of sp³-hybridized carbons (Fsp3) is 0.833. The van der Waals surface area contributed by atoms with E-state index in [0.29, 0.717) is 0 Å². The zero-order chi connectivity index (χ0) is 11.5. The van der Waals surface area contributed by atoms with Crippen molar-refractivity contribution in [3.63, 3.8) is 0 Å². The Morgan fingerprint density at radius 2 is 2.00 bits per heavy atom.